The molecule has 1 rings (SSSR count). The minimum Gasteiger partial charge on any atom is -0.394 e. The summed E-state index contributed by atoms with van der Waals surface area (Å²) in [5.74, 6) is 0.755. The number of rotatable bonds is 10. The van der Waals surface area contributed by atoms with Gasteiger partial charge in [-0.2, -0.15) is 0 Å². The third-order valence-corrected chi connectivity index (χ3v) is 4.46. The Balaban J connectivity index is 2.17. The van der Waals surface area contributed by atoms with Crippen molar-refractivity contribution in [3.8, 4) is 0 Å². The highest BCUT2D eigenvalue weighted by molar-refractivity contribution is 4.82. The van der Waals surface area contributed by atoms with Crippen molar-refractivity contribution in [1.82, 2.24) is 10.2 Å². The van der Waals surface area contributed by atoms with Crippen LogP contribution in [0.15, 0.2) is 0 Å². The van der Waals surface area contributed by atoms with E-state index in [0.29, 0.717) is 0 Å². The summed E-state index contributed by atoms with van der Waals surface area (Å²) < 4.78 is 5.24. The number of hydrogen-bond donors (Lipinski definition) is 2. The average Bonchev–Trinajstić information content (AvgIpc) is 2.47. The van der Waals surface area contributed by atoms with Gasteiger partial charge < -0.3 is 20.1 Å². The molecule has 1 aliphatic heterocycles. The van der Waals surface area contributed by atoms with Crippen molar-refractivity contribution >= 4 is 0 Å². The maximum atomic E-state index is 9.55. The second-order valence-corrected chi connectivity index (χ2v) is 6.49. The summed E-state index contributed by atoms with van der Waals surface area (Å²) >= 11 is 0. The molecule has 0 aliphatic carbocycles. The van der Waals surface area contributed by atoms with E-state index in [9.17, 15) is 5.11 Å². The van der Waals surface area contributed by atoms with Crippen molar-refractivity contribution in [2.24, 2.45) is 5.92 Å². The van der Waals surface area contributed by atoms with Crippen molar-refractivity contribution in [3.05, 3.63) is 0 Å². The molecule has 0 bridgehead atoms. The molecule has 1 aliphatic rings. The summed E-state index contributed by atoms with van der Waals surface area (Å²) in [6.45, 7) is 9.98. The number of aliphatic hydroxyl groups excluding tert-OH is 1. The first-order valence-corrected chi connectivity index (χ1v) is 8.20. The van der Waals surface area contributed by atoms with Crippen LogP contribution in [0.4, 0.5) is 0 Å². The van der Waals surface area contributed by atoms with Gasteiger partial charge in [-0.1, -0.05) is 6.92 Å². The Morgan fingerprint density at radius 2 is 2.05 bits per heavy atom. The van der Waals surface area contributed by atoms with Crippen molar-refractivity contribution in [3.63, 3.8) is 0 Å². The quantitative estimate of drug-likeness (QED) is 0.643. The van der Waals surface area contributed by atoms with Crippen LogP contribution in [0.2, 0.25) is 0 Å². The Morgan fingerprint density at radius 1 is 1.35 bits per heavy atom. The zero-order chi connectivity index (χ0) is 14.8. The molecule has 1 fully saturated rings. The topological polar surface area (TPSA) is 44.7 Å². The van der Waals surface area contributed by atoms with Gasteiger partial charge in [0.25, 0.3) is 0 Å². The van der Waals surface area contributed by atoms with Crippen LogP contribution >= 0.6 is 0 Å². The second kappa shape index (κ2) is 9.72. The van der Waals surface area contributed by atoms with Gasteiger partial charge in [0.05, 0.1) is 6.61 Å². The Labute approximate surface area is 124 Å². The van der Waals surface area contributed by atoms with Crippen LogP contribution < -0.4 is 5.32 Å². The summed E-state index contributed by atoms with van der Waals surface area (Å²) in [6, 6.07) is 0. The van der Waals surface area contributed by atoms with Gasteiger partial charge in [-0.25, -0.2) is 0 Å². The average molecular weight is 286 g/mol. The van der Waals surface area contributed by atoms with Crippen molar-refractivity contribution < 1.29 is 9.84 Å². The molecule has 4 nitrogen and oxygen atoms in total. The summed E-state index contributed by atoms with van der Waals surface area (Å²) in [5.41, 5.74) is -0.107. The summed E-state index contributed by atoms with van der Waals surface area (Å²) in [6.07, 6.45) is 5.84. The molecule has 120 valence electrons. The number of nitrogens with zero attached hydrogens (tertiary/aromatic N) is 1. The van der Waals surface area contributed by atoms with E-state index in [2.05, 4.69) is 24.1 Å². The smallest absolute Gasteiger partial charge is 0.0610 e. The standard InChI is InChI=1S/C16H34N2O2/c1-4-9-17-16(2,14-19)8-5-10-18-11-6-15(7-12-18)13-20-3/h15,17,19H,4-14H2,1-3H3. The zero-order valence-electron chi connectivity index (χ0n) is 13.7. The third-order valence-electron chi connectivity index (χ3n) is 4.46. The third kappa shape index (κ3) is 6.53. The van der Waals surface area contributed by atoms with Crippen LogP contribution in [0.5, 0.6) is 0 Å². The Kier molecular flexibility index (Phi) is 8.69. The zero-order valence-corrected chi connectivity index (χ0v) is 13.7. The molecule has 20 heavy (non-hydrogen) atoms. The lowest BCUT2D eigenvalue weighted by molar-refractivity contribution is 0.0957. The Hall–Kier alpha value is -0.160. The molecule has 0 radical (unpaired) electrons. The number of likely N-dealkylation sites (tertiary alicyclic amines) is 1. The van der Waals surface area contributed by atoms with Crippen molar-refractivity contribution in [2.75, 3.05) is 46.5 Å². The fourth-order valence-corrected chi connectivity index (χ4v) is 2.96. The first-order valence-electron chi connectivity index (χ1n) is 8.20. The summed E-state index contributed by atoms with van der Waals surface area (Å²) in [7, 11) is 1.80. The van der Waals surface area contributed by atoms with Gasteiger partial charge in [-0.3, -0.25) is 0 Å². The molecule has 2 N–H and O–H groups in total. The van der Waals surface area contributed by atoms with Crippen LogP contribution in [-0.2, 0) is 4.74 Å². The van der Waals surface area contributed by atoms with Crippen LogP contribution in [0, 0.1) is 5.92 Å². The monoisotopic (exact) mass is 286 g/mol. The van der Waals surface area contributed by atoms with Gasteiger partial charge >= 0.3 is 0 Å². The minimum atomic E-state index is -0.107. The highest BCUT2D eigenvalue weighted by Gasteiger charge is 2.23. The fourth-order valence-electron chi connectivity index (χ4n) is 2.96. The Bertz CT molecular complexity index is 243. The molecule has 1 heterocycles. The highest BCUT2D eigenvalue weighted by atomic mass is 16.5. The van der Waals surface area contributed by atoms with E-state index in [0.717, 1.165) is 44.9 Å². The molecular formula is C16H34N2O2. The molecule has 0 aromatic carbocycles. The van der Waals surface area contributed by atoms with Crippen LogP contribution in [0.1, 0.15) is 46.0 Å². The largest absolute Gasteiger partial charge is 0.394 e. The van der Waals surface area contributed by atoms with Crippen molar-refractivity contribution in [1.29, 1.82) is 0 Å². The van der Waals surface area contributed by atoms with E-state index in [4.69, 9.17) is 4.74 Å². The lowest BCUT2D eigenvalue weighted by Gasteiger charge is -2.33. The SMILES string of the molecule is CCCNC(C)(CO)CCCN1CCC(COC)CC1. The van der Waals surface area contributed by atoms with Gasteiger partial charge in [-0.05, 0) is 71.1 Å². The number of ether oxygens (including phenoxy) is 1. The summed E-state index contributed by atoms with van der Waals surface area (Å²) in [5, 5.41) is 13.0. The van der Waals surface area contributed by atoms with E-state index >= 15 is 0 Å². The maximum absolute atomic E-state index is 9.55. The number of methoxy groups -OCH3 is 1. The number of nitrogens with one attached hydrogen (secondary N) is 1. The summed E-state index contributed by atoms with van der Waals surface area (Å²) in [4.78, 5) is 2.56. The molecule has 0 aromatic rings. The van der Waals surface area contributed by atoms with Gasteiger partial charge in [0.2, 0.25) is 0 Å². The van der Waals surface area contributed by atoms with E-state index in [1.165, 1.54) is 25.9 Å². The van der Waals surface area contributed by atoms with E-state index < -0.39 is 0 Å². The van der Waals surface area contributed by atoms with Gasteiger partial charge in [0, 0.05) is 19.3 Å². The molecule has 4 heteroatoms. The second-order valence-electron chi connectivity index (χ2n) is 6.49. The lowest BCUT2D eigenvalue weighted by atomic mass is 9.95. The van der Waals surface area contributed by atoms with Gasteiger partial charge in [0.15, 0.2) is 0 Å². The van der Waals surface area contributed by atoms with E-state index in [1.54, 1.807) is 7.11 Å². The molecule has 0 saturated carbocycles. The highest BCUT2D eigenvalue weighted by Crippen LogP contribution is 2.19. The van der Waals surface area contributed by atoms with E-state index in [-0.39, 0.29) is 12.1 Å². The van der Waals surface area contributed by atoms with Crippen LogP contribution in [0.25, 0.3) is 0 Å². The van der Waals surface area contributed by atoms with Crippen molar-refractivity contribution in [2.45, 2.75) is 51.5 Å². The van der Waals surface area contributed by atoms with Gasteiger partial charge in [-0.15, -0.1) is 0 Å². The Morgan fingerprint density at radius 3 is 2.60 bits per heavy atom. The predicted molar refractivity (Wildman–Crippen MR) is 84.1 cm³/mol. The molecule has 0 aromatic heterocycles. The predicted octanol–water partition coefficient (Wildman–Crippen LogP) is 1.88. The number of piperidine rings is 1. The van der Waals surface area contributed by atoms with Crippen LogP contribution in [0.3, 0.4) is 0 Å². The first kappa shape index (κ1) is 17.9. The molecule has 1 atom stereocenters. The maximum Gasteiger partial charge on any atom is 0.0610 e. The van der Waals surface area contributed by atoms with E-state index in [1.807, 2.05) is 0 Å². The van der Waals surface area contributed by atoms with Gasteiger partial charge in [0.1, 0.15) is 0 Å². The van der Waals surface area contributed by atoms with Crippen LogP contribution in [-0.4, -0.2) is 62.0 Å². The normalized spacial score (nSPS) is 21.0. The minimum absolute atomic E-state index is 0.107. The molecule has 0 spiro atoms. The molecule has 1 saturated heterocycles. The number of aliphatic hydroxyl groups is 1. The first-order chi connectivity index (χ1) is 9.63. The fraction of sp³-hybridized carbons (Fsp3) is 1.00. The number of hydrogen-bond acceptors (Lipinski definition) is 4. The molecular weight excluding hydrogens is 252 g/mol. The molecule has 0 amide bonds. The molecule has 1 unspecified atom stereocenters. The lowest BCUT2D eigenvalue weighted by Crippen LogP contribution is -2.46.